The molecule has 2 saturated heterocycles. The average Bonchev–Trinajstić information content (AvgIpc) is 2.37. The molecule has 0 aromatic carbocycles. The van der Waals surface area contributed by atoms with E-state index in [0.717, 1.165) is 32.2 Å². The maximum Gasteiger partial charge on any atom is 0.242 e. The number of carbonyl (C=O) groups excluding carboxylic acids is 2. The molecule has 0 aromatic heterocycles. The Morgan fingerprint density at radius 1 is 1.15 bits per heavy atom. The highest BCUT2D eigenvalue weighted by atomic mass is 16.5. The largest absolute Gasteiger partial charge is 0.372 e. The molecule has 2 fully saturated rings. The number of likely N-dealkylation sites (tertiary alicyclic amines) is 1. The standard InChI is InChI=1S/C15H26N2O3/c1-12-9-17(10-13(2)20-12)15(19)11-16-8-6-4-3-5-7-14(16)18/h12-13H,3-11H2,1-2H3/t12-,13-/m0/s1. The number of nitrogens with zero attached hydrogens (tertiary/aromatic N) is 2. The molecule has 0 bridgehead atoms. The van der Waals surface area contributed by atoms with E-state index in [-0.39, 0.29) is 30.6 Å². The maximum absolute atomic E-state index is 12.4. The second-order valence-corrected chi connectivity index (χ2v) is 6.04. The fourth-order valence-electron chi connectivity index (χ4n) is 3.03. The Morgan fingerprint density at radius 3 is 2.50 bits per heavy atom. The van der Waals surface area contributed by atoms with Crippen molar-refractivity contribution in [2.75, 3.05) is 26.2 Å². The molecule has 2 atom stereocenters. The topological polar surface area (TPSA) is 49.9 Å². The third-order valence-electron chi connectivity index (χ3n) is 4.02. The third kappa shape index (κ3) is 4.20. The Morgan fingerprint density at radius 2 is 1.80 bits per heavy atom. The Bertz CT molecular complexity index is 349. The maximum atomic E-state index is 12.4. The van der Waals surface area contributed by atoms with Crippen molar-refractivity contribution in [3.8, 4) is 0 Å². The van der Waals surface area contributed by atoms with Crippen LogP contribution in [0.1, 0.15) is 46.0 Å². The molecule has 0 aromatic rings. The van der Waals surface area contributed by atoms with Crippen LogP contribution in [0.5, 0.6) is 0 Å². The van der Waals surface area contributed by atoms with Crippen molar-refractivity contribution in [3.05, 3.63) is 0 Å². The molecule has 20 heavy (non-hydrogen) atoms. The molecule has 0 radical (unpaired) electrons. The van der Waals surface area contributed by atoms with Crippen LogP contribution < -0.4 is 0 Å². The summed E-state index contributed by atoms with van der Waals surface area (Å²) in [6.45, 7) is 6.18. The molecule has 0 N–H and O–H groups in total. The summed E-state index contributed by atoms with van der Waals surface area (Å²) in [7, 11) is 0. The van der Waals surface area contributed by atoms with Gasteiger partial charge >= 0.3 is 0 Å². The fourth-order valence-corrected chi connectivity index (χ4v) is 3.03. The zero-order valence-corrected chi connectivity index (χ0v) is 12.6. The van der Waals surface area contributed by atoms with Crippen LogP contribution in [-0.2, 0) is 14.3 Å². The van der Waals surface area contributed by atoms with E-state index in [1.165, 1.54) is 0 Å². The minimum atomic E-state index is 0.0564. The van der Waals surface area contributed by atoms with Gasteiger partial charge in [0.05, 0.1) is 18.8 Å². The lowest BCUT2D eigenvalue weighted by Gasteiger charge is -2.36. The van der Waals surface area contributed by atoms with Crippen LogP contribution in [0.15, 0.2) is 0 Å². The first kappa shape index (κ1) is 15.3. The Kier molecular flexibility index (Phi) is 5.40. The second kappa shape index (κ2) is 7.07. The van der Waals surface area contributed by atoms with Crippen molar-refractivity contribution in [1.82, 2.24) is 9.80 Å². The van der Waals surface area contributed by atoms with Gasteiger partial charge in [-0.3, -0.25) is 9.59 Å². The molecular weight excluding hydrogens is 256 g/mol. The lowest BCUT2D eigenvalue weighted by molar-refractivity contribution is -0.148. The third-order valence-corrected chi connectivity index (χ3v) is 4.02. The normalized spacial score (nSPS) is 29.0. The van der Waals surface area contributed by atoms with Gasteiger partial charge in [0.2, 0.25) is 11.8 Å². The van der Waals surface area contributed by atoms with Crippen molar-refractivity contribution in [2.45, 2.75) is 58.2 Å². The smallest absolute Gasteiger partial charge is 0.242 e. The first-order valence-electron chi connectivity index (χ1n) is 7.77. The summed E-state index contributed by atoms with van der Waals surface area (Å²) in [6.07, 6.45) is 4.99. The van der Waals surface area contributed by atoms with Crippen LogP contribution in [-0.4, -0.2) is 60.0 Å². The first-order chi connectivity index (χ1) is 9.56. The summed E-state index contributed by atoms with van der Waals surface area (Å²) in [5.74, 6) is 0.188. The Balaban J connectivity index is 1.90. The number of rotatable bonds is 2. The van der Waals surface area contributed by atoms with Gasteiger partial charge in [-0.1, -0.05) is 12.8 Å². The van der Waals surface area contributed by atoms with Gasteiger partial charge in [-0.05, 0) is 26.7 Å². The second-order valence-electron chi connectivity index (χ2n) is 6.04. The molecule has 0 spiro atoms. The SMILES string of the molecule is C[C@H]1CN(C(=O)CN2CCCCCCC2=O)C[C@H](C)O1. The highest BCUT2D eigenvalue weighted by Gasteiger charge is 2.28. The van der Waals surface area contributed by atoms with E-state index < -0.39 is 0 Å². The predicted octanol–water partition coefficient (Wildman–Crippen LogP) is 1.41. The fraction of sp³-hybridized carbons (Fsp3) is 0.867. The molecule has 2 rings (SSSR count). The molecule has 0 aliphatic carbocycles. The van der Waals surface area contributed by atoms with Crippen molar-refractivity contribution in [1.29, 1.82) is 0 Å². The summed E-state index contributed by atoms with van der Waals surface area (Å²) in [5, 5.41) is 0. The minimum absolute atomic E-state index is 0.0564. The van der Waals surface area contributed by atoms with Gasteiger partial charge in [-0.25, -0.2) is 0 Å². The van der Waals surface area contributed by atoms with E-state index in [4.69, 9.17) is 4.74 Å². The summed E-state index contributed by atoms with van der Waals surface area (Å²) < 4.78 is 5.64. The summed E-state index contributed by atoms with van der Waals surface area (Å²) in [5.41, 5.74) is 0. The van der Waals surface area contributed by atoms with Gasteiger partial charge in [0.15, 0.2) is 0 Å². The molecule has 114 valence electrons. The lowest BCUT2D eigenvalue weighted by Crippen LogP contribution is -2.51. The van der Waals surface area contributed by atoms with Crippen LogP contribution in [0.4, 0.5) is 0 Å². The first-order valence-corrected chi connectivity index (χ1v) is 7.77. The van der Waals surface area contributed by atoms with E-state index in [9.17, 15) is 9.59 Å². The zero-order chi connectivity index (χ0) is 14.5. The summed E-state index contributed by atoms with van der Waals surface area (Å²) in [6, 6.07) is 0. The van der Waals surface area contributed by atoms with E-state index in [2.05, 4.69) is 0 Å². The molecule has 0 unspecified atom stereocenters. The van der Waals surface area contributed by atoms with E-state index in [1.54, 1.807) is 4.90 Å². The van der Waals surface area contributed by atoms with E-state index in [1.807, 2.05) is 18.7 Å². The summed E-state index contributed by atoms with van der Waals surface area (Å²) >= 11 is 0. The number of amides is 2. The van der Waals surface area contributed by atoms with Crippen LogP contribution in [0.25, 0.3) is 0 Å². The number of hydrogen-bond acceptors (Lipinski definition) is 3. The number of morpholine rings is 1. The van der Waals surface area contributed by atoms with Gasteiger partial charge in [-0.2, -0.15) is 0 Å². The molecular formula is C15H26N2O3. The molecule has 2 aliphatic rings. The van der Waals surface area contributed by atoms with Gasteiger partial charge in [-0.15, -0.1) is 0 Å². The number of ether oxygens (including phenoxy) is 1. The van der Waals surface area contributed by atoms with Gasteiger partial charge in [0, 0.05) is 26.1 Å². The molecule has 2 aliphatic heterocycles. The molecule has 5 nitrogen and oxygen atoms in total. The van der Waals surface area contributed by atoms with Crippen LogP contribution in [0.2, 0.25) is 0 Å². The van der Waals surface area contributed by atoms with Gasteiger partial charge < -0.3 is 14.5 Å². The highest BCUT2D eigenvalue weighted by Crippen LogP contribution is 2.14. The summed E-state index contributed by atoms with van der Waals surface area (Å²) in [4.78, 5) is 28.0. The monoisotopic (exact) mass is 282 g/mol. The molecule has 5 heteroatoms. The van der Waals surface area contributed by atoms with Crippen LogP contribution in [0, 0.1) is 0 Å². The zero-order valence-electron chi connectivity index (χ0n) is 12.6. The number of hydrogen-bond donors (Lipinski definition) is 0. The Labute approximate surface area is 121 Å². The van der Waals surface area contributed by atoms with Crippen molar-refractivity contribution in [2.24, 2.45) is 0 Å². The van der Waals surface area contributed by atoms with Crippen LogP contribution >= 0.6 is 0 Å². The van der Waals surface area contributed by atoms with Crippen molar-refractivity contribution in [3.63, 3.8) is 0 Å². The van der Waals surface area contributed by atoms with Crippen molar-refractivity contribution < 1.29 is 14.3 Å². The predicted molar refractivity (Wildman–Crippen MR) is 76.3 cm³/mol. The Hall–Kier alpha value is -1.10. The van der Waals surface area contributed by atoms with E-state index >= 15 is 0 Å². The average molecular weight is 282 g/mol. The van der Waals surface area contributed by atoms with Gasteiger partial charge in [0.1, 0.15) is 0 Å². The van der Waals surface area contributed by atoms with Crippen LogP contribution in [0.3, 0.4) is 0 Å². The van der Waals surface area contributed by atoms with Gasteiger partial charge in [0.25, 0.3) is 0 Å². The molecule has 2 heterocycles. The molecule has 0 saturated carbocycles. The number of carbonyl (C=O) groups is 2. The quantitative estimate of drug-likeness (QED) is 0.769. The minimum Gasteiger partial charge on any atom is -0.372 e. The van der Waals surface area contributed by atoms with E-state index in [0.29, 0.717) is 19.5 Å². The highest BCUT2D eigenvalue weighted by molar-refractivity contribution is 5.85. The lowest BCUT2D eigenvalue weighted by atomic mass is 10.1. The van der Waals surface area contributed by atoms with Crippen molar-refractivity contribution >= 4 is 11.8 Å². The molecule has 2 amide bonds.